The number of anilines is 2. The van der Waals surface area contributed by atoms with E-state index in [2.05, 4.69) is 25.9 Å². The highest BCUT2D eigenvalue weighted by atomic mass is 35.5. The van der Waals surface area contributed by atoms with Crippen LogP contribution >= 0.6 is 35.3 Å². The maximum Gasteiger partial charge on any atom is 0.251 e. The van der Waals surface area contributed by atoms with Crippen molar-refractivity contribution in [1.82, 2.24) is 25.2 Å². The lowest BCUT2D eigenvalue weighted by molar-refractivity contribution is 0.0931. The van der Waals surface area contributed by atoms with Crippen LogP contribution in [0.4, 0.5) is 11.1 Å². The molecule has 31 heavy (non-hydrogen) atoms. The van der Waals surface area contributed by atoms with Gasteiger partial charge in [0.1, 0.15) is 0 Å². The van der Waals surface area contributed by atoms with E-state index in [9.17, 15) is 4.79 Å². The Hall–Kier alpha value is -2.39. The van der Waals surface area contributed by atoms with Gasteiger partial charge in [-0.2, -0.15) is 0 Å². The number of nitrogens with zero attached hydrogens (tertiary/aromatic N) is 3. The molecule has 1 aliphatic heterocycles. The first-order chi connectivity index (χ1) is 14.6. The monoisotopic (exact) mass is 476 g/mol. The minimum atomic E-state index is -0.0613. The van der Waals surface area contributed by atoms with Crippen LogP contribution < -0.4 is 16.0 Å². The molecule has 7 nitrogen and oxygen atoms in total. The summed E-state index contributed by atoms with van der Waals surface area (Å²) < 4.78 is 2.97. The summed E-state index contributed by atoms with van der Waals surface area (Å²) in [7, 11) is 1.94. The Balaban J connectivity index is 0.00000231. The first kappa shape index (κ1) is 21.8. The molecule has 1 atom stereocenters. The molecular weight excluding hydrogens is 455 g/mol. The van der Waals surface area contributed by atoms with E-state index in [0.29, 0.717) is 16.5 Å². The van der Waals surface area contributed by atoms with Crippen LogP contribution in [0.15, 0.2) is 36.4 Å². The highest BCUT2D eigenvalue weighted by Gasteiger charge is 2.18. The summed E-state index contributed by atoms with van der Waals surface area (Å²) >= 11 is 7.60. The number of piperidine rings is 1. The summed E-state index contributed by atoms with van der Waals surface area (Å²) in [5.41, 5.74) is 3.21. The molecule has 10 heteroatoms. The van der Waals surface area contributed by atoms with Gasteiger partial charge in [0.15, 0.2) is 5.13 Å². The van der Waals surface area contributed by atoms with E-state index in [-0.39, 0.29) is 24.4 Å². The lowest BCUT2D eigenvalue weighted by atomic mass is 10.1. The second-order valence-electron chi connectivity index (χ2n) is 7.47. The Morgan fingerprint density at radius 2 is 2.10 bits per heavy atom. The largest absolute Gasteiger partial charge is 0.348 e. The lowest BCUT2D eigenvalue weighted by Gasteiger charge is -2.23. The molecule has 0 unspecified atom stereocenters. The SMILES string of the molecule is Cl.Cn1c(Nc2nc3ccc(Cl)cc3s2)nc2cc(C(=O)N[C@H]3CCCNC3)ccc21. The number of hydrogen-bond acceptors (Lipinski definition) is 6. The van der Waals surface area contributed by atoms with E-state index < -0.39 is 0 Å². The molecule has 2 aromatic heterocycles. The highest BCUT2D eigenvalue weighted by Crippen LogP contribution is 2.31. The summed E-state index contributed by atoms with van der Waals surface area (Å²) in [6.07, 6.45) is 2.09. The first-order valence-corrected chi connectivity index (χ1v) is 11.1. The number of aryl methyl sites for hydroxylation is 1. The Kier molecular flexibility index (Phi) is 6.34. The smallest absolute Gasteiger partial charge is 0.251 e. The van der Waals surface area contributed by atoms with Crippen LogP contribution in [0.25, 0.3) is 21.3 Å². The van der Waals surface area contributed by atoms with Crippen molar-refractivity contribution in [3.8, 4) is 0 Å². The predicted molar refractivity (Wildman–Crippen MR) is 129 cm³/mol. The average molecular weight is 477 g/mol. The molecule has 0 radical (unpaired) electrons. The van der Waals surface area contributed by atoms with E-state index in [0.717, 1.165) is 52.3 Å². The molecule has 0 spiro atoms. The third kappa shape index (κ3) is 4.48. The molecule has 1 aliphatic rings. The molecule has 3 N–H and O–H groups in total. The Bertz CT molecular complexity index is 1250. The second kappa shape index (κ2) is 9.00. The van der Waals surface area contributed by atoms with E-state index in [4.69, 9.17) is 11.6 Å². The van der Waals surface area contributed by atoms with Crippen molar-refractivity contribution in [2.45, 2.75) is 18.9 Å². The van der Waals surface area contributed by atoms with Crippen molar-refractivity contribution in [3.05, 3.63) is 47.0 Å². The van der Waals surface area contributed by atoms with Crippen LogP contribution in [-0.4, -0.2) is 39.6 Å². The van der Waals surface area contributed by atoms with Gasteiger partial charge in [0, 0.05) is 30.2 Å². The second-order valence-corrected chi connectivity index (χ2v) is 8.94. The molecule has 2 aromatic carbocycles. The Labute approximate surface area is 194 Å². The van der Waals surface area contributed by atoms with Crippen LogP contribution in [0.2, 0.25) is 5.02 Å². The quantitative estimate of drug-likeness (QED) is 0.404. The number of benzene rings is 2. The topological polar surface area (TPSA) is 83.9 Å². The van der Waals surface area contributed by atoms with E-state index in [1.807, 2.05) is 48.0 Å². The summed E-state index contributed by atoms with van der Waals surface area (Å²) in [4.78, 5) is 21.9. The van der Waals surface area contributed by atoms with Crippen LogP contribution in [0.1, 0.15) is 23.2 Å². The van der Waals surface area contributed by atoms with Gasteiger partial charge in [-0.05, 0) is 55.8 Å². The number of hydrogen-bond donors (Lipinski definition) is 3. The fourth-order valence-electron chi connectivity index (χ4n) is 3.74. The fourth-order valence-corrected chi connectivity index (χ4v) is 4.88. The van der Waals surface area contributed by atoms with Crippen molar-refractivity contribution in [1.29, 1.82) is 0 Å². The van der Waals surface area contributed by atoms with Gasteiger partial charge < -0.3 is 20.5 Å². The molecular formula is C21H22Cl2N6OS. The molecule has 3 heterocycles. The summed E-state index contributed by atoms with van der Waals surface area (Å²) in [6.45, 7) is 1.84. The van der Waals surface area contributed by atoms with E-state index >= 15 is 0 Å². The van der Waals surface area contributed by atoms with Gasteiger partial charge in [-0.15, -0.1) is 12.4 Å². The van der Waals surface area contributed by atoms with Gasteiger partial charge in [0.25, 0.3) is 5.91 Å². The van der Waals surface area contributed by atoms with Crippen LogP contribution in [0, 0.1) is 0 Å². The molecule has 1 saturated heterocycles. The van der Waals surface area contributed by atoms with Gasteiger partial charge in [-0.3, -0.25) is 4.79 Å². The minimum absolute atomic E-state index is 0. The Morgan fingerprint density at radius 3 is 2.90 bits per heavy atom. The molecule has 0 aliphatic carbocycles. The fraction of sp³-hybridized carbons (Fsp3) is 0.286. The number of halogens is 2. The lowest BCUT2D eigenvalue weighted by Crippen LogP contribution is -2.45. The number of carbonyl (C=O) groups is 1. The third-order valence-electron chi connectivity index (χ3n) is 5.34. The summed E-state index contributed by atoms with van der Waals surface area (Å²) in [6, 6.07) is 11.4. The van der Waals surface area contributed by atoms with Crippen molar-refractivity contribution in [2.75, 3.05) is 18.4 Å². The molecule has 162 valence electrons. The zero-order valence-electron chi connectivity index (χ0n) is 16.8. The minimum Gasteiger partial charge on any atom is -0.348 e. The molecule has 1 amide bonds. The van der Waals surface area contributed by atoms with Crippen LogP contribution in [0.5, 0.6) is 0 Å². The number of fused-ring (bicyclic) bond motifs is 2. The molecule has 5 rings (SSSR count). The van der Waals surface area contributed by atoms with E-state index in [1.54, 1.807) is 0 Å². The van der Waals surface area contributed by atoms with Crippen molar-refractivity contribution in [2.24, 2.45) is 7.05 Å². The molecule has 0 bridgehead atoms. The molecule has 0 saturated carbocycles. The van der Waals surface area contributed by atoms with Gasteiger partial charge in [-0.1, -0.05) is 22.9 Å². The zero-order chi connectivity index (χ0) is 20.7. The van der Waals surface area contributed by atoms with Gasteiger partial charge >= 0.3 is 0 Å². The first-order valence-electron chi connectivity index (χ1n) is 9.88. The molecule has 4 aromatic rings. The van der Waals surface area contributed by atoms with Crippen molar-refractivity contribution in [3.63, 3.8) is 0 Å². The van der Waals surface area contributed by atoms with Gasteiger partial charge in [0.2, 0.25) is 5.95 Å². The van der Waals surface area contributed by atoms with Gasteiger partial charge in [-0.25, -0.2) is 9.97 Å². The average Bonchev–Trinajstić information content (AvgIpc) is 3.28. The number of imidazole rings is 1. The number of nitrogens with one attached hydrogen (secondary N) is 3. The Morgan fingerprint density at radius 1 is 1.23 bits per heavy atom. The summed E-state index contributed by atoms with van der Waals surface area (Å²) in [5, 5.41) is 11.2. The third-order valence-corrected chi connectivity index (χ3v) is 6.51. The normalized spacial score (nSPS) is 16.3. The number of carbonyl (C=O) groups excluding carboxylic acids is 1. The number of rotatable bonds is 4. The summed E-state index contributed by atoms with van der Waals surface area (Å²) in [5.74, 6) is 0.609. The highest BCUT2D eigenvalue weighted by molar-refractivity contribution is 7.22. The van der Waals surface area contributed by atoms with Crippen molar-refractivity contribution >= 4 is 73.6 Å². The maximum atomic E-state index is 12.7. The predicted octanol–water partition coefficient (Wildman–Crippen LogP) is 4.48. The maximum absolute atomic E-state index is 12.7. The zero-order valence-corrected chi connectivity index (χ0v) is 19.2. The van der Waals surface area contributed by atoms with Crippen LogP contribution in [0.3, 0.4) is 0 Å². The molecule has 1 fully saturated rings. The standard InChI is InChI=1S/C21H21ClN6OS.ClH/c1-28-17-7-4-12(19(29)24-14-3-2-8-23-11-14)9-16(17)25-20(28)27-21-26-15-6-5-13(22)10-18(15)30-21;/h4-7,9-10,14,23H,2-3,8,11H2,1H3,(H,24,29)(H,25,26,27);1H/t14-;/m0./s1. The number of thiazole rings is 1. The van der Waals surface area contributed by atoms with E-state index in [1.165, 1.54) is 11.3 Å². The van der Waals surface area contributed by atoms with Gasteiger partial charge in [0.05, 0.1) is 21.3 Å². The number of amides is 1. The number of aromatic nitrogens is 3. The van der Waals surface area contributed by atoms with Crippen molar-refractivity contribution < 1.29 is 4.79 Å². The van der Waals surface area contributed by atoms with Crippen LogP contribution in [-0.2, 0) is 7.05 Å².